The zero-order valence-electron chi connectivity index (χ0n) is 11.6. The molecule has 1 aliphatic rings. The van der Waals surface area contributed by atoms with Crippen LogP contribution in [0.1, 0.15) is 17.5 Å². The summed E-state index contributed by atoms with van der Waals surface area (Å²) in [4.78, 5) is 35.4. The van der Waals surface area contributed by atoms with Crippen LogP contribution in [0.15, 0.2) is 24.3 Å². The van der Waals surface area contributed by atoms with Gasteiger partial charge in [-0.25, -0.2) is 4.79 Å². The number of amides is 1. The van der Waals surface area contributed by atoms with Crippen LogP contribution < -0.4 is 0 Å². The first-order valence-electron chi connectivity index (χ1n) is 6.66. The largest absolute Gasteiger partial charge is 0.481 e. The van der Waals surface area contributed by atoms with Crippen LogP contribution in [0.4, 0.5) is 0 Å². The summed E-state index contributed by atoms with van der Waals surface area (Å²) >= 11 is 0. The van der Waals surface area contributed by atoms with Crippen molar-refractivity contribution in [1.82, 2.24) is 4.90 Å². The standard InChI is InChI=1S/C15H14N2O5/c16-7-10-3-1-9(2-4-10)5-12(15(21)22)17-8-11(14(19)20)6-13(17)18/h1-4,11-12H,5-6,8H2,(H,19,20)(H,21,22)/t11?,12-/m0/s1. The summed E-state index contributed by atoms with van der Waals surface area (Å²) < 4.78 is 0. The summed E-state index contributed by atoms with van der Waals surface area (Å²) in [6, 6.07) is 7.25. The van der Waals surface area contributed by atoms with E-state index >= 15 is 0 Å². The van der Waals surface area contributed by atoms with Crippen molar-refractivity contribution in [2.24, 2.45) is 5.92 Å². The highest BCUT2D eigenvalue weighted by Crippen LogP contribution is 2.22. The zero-order valence-corrected chi connectivity index (χ0v) is 11.6. The number of aliphatic carboxylic acids is 2. The van der Waals surface area contributed by atoms with Crippen LogP contribution in [0.2, 0.25) is 0 Å². The Morgan fingerprint density at radius 2 is 1.95 bits per heavy atom. The average molecular weight is 302 g/mol. The second kappa shape index (κ2) is 6.26. The van der Waals surface area contributed by atoms with E-state index in [2.05, 4.69) is 0 Å². The van der Waals surface area contributed by atoms with Crippen molar-refractivity contribution in [3.05, 3.63) is 35.4 Å². The molecule has 7 nitrogen and oxygen atoms in total. The minimum Gasteiger partial charge on any atom is -0.481 e. The first kappa shape index (κ1) is 15.5. The van der Waals surface area contributed by atoms with E-state index in [9.17, 15) is 19.5 Å². The molecule has 0 spiro atoms. The fourth-order valence-electron chi connectivity index (χ4n) is 2.47. The van der Waals surface area contributed by atoms with Gasteiger partial charge in [-0.1, -0.05) is 12.1 Å². The minimum absolute atomic E-state index is 0.0686. The highest BCUT2D eigenvalue weighted by Gasteiger charge is 2.40. The van der Waals surface area contributed by atoms with E-state index in [-0.39, 0.29) is 19.4 Å². The Labute approximate surface area is 126 Å². The van der Waals surface area contributed by atoms with E-state index in [0.717, 1.165) is 4.90 Å². The van der Waals surface area contributed by atoms with Crippen LogP contribution in [-0.2, 0) is 20.8 Å². The van der Waals surface area contributed by atoms with E-state index in [1.165, 1.54) is 0 Å². The lowest BCUT2D eigenvalue weighted by molar-refractivity contribution is -0.148. The highest BCUT2D eigenvalue weighted by molar-refractivity contribution is 5.89. The second-order valence-corrected chi connectivity index (χ2v) is 5.15. The summed E-state index contributed by atoms with van der Waals surface area (Å²) in [6.45, 7) is -0.0958. The Kier molecular flexibility index (Phi) is 4.41. The molecule has 0 aliphatic carbocycles. The van der Waals surface area contributed by atoms with Crippen molar-refractivity contribution in [1.29, 1.82) is 5.26 Å². The Morgan fingerprint density at radius 1 is 1.32 bits per heavy atom. The molecule has 1 aromatic carbocycles. The third kappa shape index (κ3) is 3.23. The molecule has 0 saturated carbocycles. The Morgan fingerprint density at radius 3 is 2.41 bits per heavy atom. The molecule has 2 atom stereocenters. The van der Waals surface area contributed by atoms with Gasteiger partial charge in [0.1, 0.15) is 6.04 Å². The fourth-order valence-corrected chi connectivity index (χ4v) is 2.47. The van der Waals surface area contributed by atoms with Gasteiger partial charge in [0.2, 0.25) is 5.91 Å². The summed E-state index contributed by atoms with van der Waals surface area (Å²) in [5.74, 6) is -3.61. The molecule has 1 saturated heterocycles. The van der Waals surface area contributed by atoms with E-state index in [4.69, 9.17) is 10.4 Å². The molecule has 7 heteroatoms. The normalized spacial score (nSPS) is 18.8. The SMILES string of the molecule is N#Cc1ccc(C[C@@H](C(=O)O)N2CC(C(=O)O)CC2=O)cc1. The van der Waals surface area contributed by atoms with Crippen molar-refractivity contribution >= 4 is 17.8 Å². The zero-order chi connectivity index (χ0) is 16.3. The van der Waals surface area contributed by atoms with Gasteiger partial charge in [0.05, 0.1) is 17.6 Å². The van der Waals surface area contributed by atoms with Gasteiger partial charge >= 0.3 is 11.9 Å². The Bertz CT molecular complexity index is 647. The maximum atomic E-state index is 11.9. The van der Waals surface area contributed by atoms with Crippen molar-refractivity contribution in [3.63, 3.8) is 0 Å². The van der Waals surface area contributed by atoms with Gasteiger partial charge < -0.3 is 15.1 Å². The lowest BCUT2D eigenvalue weighted by atomic mass is 10.0. The van der Waals surface area contributed by atoms with Crippen molar-refractivity contribution < 1.29 is 24.6 Å². The van der Waals surface area contributed by atoms with Crippen LogP contribution >= 0.6 is 0 Å². The molecule has 1 aromatic rings. The molecule has 0 radical (unpaired) electrons. The van der Waals surface area contributed by atoms with Crippen molar-refractivity contribution in [2.75, 3.05) is 6.54 Å². The molecule has 114 valence electrons. The van der Waals surface area contributed by atoms with Gasteiger partial charge in [-0.2, -0.15) is 5.26 Å². The van der Waals surface area contributed by atoms with Crippen molar-refractivity contribution in [3.8, 4) is 6.07 Å². The molecule has 0 aromatic heterocycles. The van der Waals surface area contributed by atoms with Crippen LogP contribution in [0.3, 0.4) is 0 Å². The highest BCUT2D eigenvalue weighted by atomic mass is 16.4. The van der Waals surface area contributed by atoms with Crippen LogP contribution in [-0.4, -0.2) is 45.5 Å². The van der Waals surface area contributed by atoms with Gasteiger partial charge in [0, 0.05) is 19.4 Å². The number of nitrogens with zero attached hydrogens (tertiary/aromatic N) is 2. The number of carboxylic acid groups (broad SMARTS) is 2. The maximum Gasteiger partial charge on any atom is 0.326 e. The number of carbonyl (C=O) groups is 3. The molecule has 0 bridgehead atoms. The number of likely N-dealkylation sites (tertiary alicyclic amines) is 1. The monoisotopic (exact) mass is 302 g/mol. The summed E-state index contributed by atoms with van der Waals surface area (Å²) in [7, 11) is 0. The molecule has 22 heavy (non-hydrogen) atoms. The Hall–Kier alpha value is -2.88. The van der Waals surface area contributed by atoms with E-state index in [1.807, 2.05) is 6.07 Å². The van der Waals surface area contributed by atoms with Gasteiger partial charge in [0.15, 0.2) is 0 Å². The predicted octanol–water partition coefficient (Wildman–Crippen LogP) is 0.487. The lowest BCUT2D eigenvalue weighted by Crippen LogP contribution is -2.44. The first-order valence-corrected chi connectivity index (χ1v) is 6.66. The number of rotatable bonds is 5. The lowest BCUT2D eigenvalue weighted by Gasteiger charge is -2.24. The number of carbonyl (C=O) groups excluding carboxylic acids is 1. The van der Waals surface area contributed by atoms with Gasteiger partial charge in [-0.15, -0.1) is 0 Å². The molecular formula is C15H14N2O5. The molecule has 1 fully saturated rings. The maximum absolute atomic E-state index is 11.9. The number of hydrogen-bond donors (Lipinski definition) is 2. The van der Waals surface area contributed by atoms with Gasteiger partial charge in [0.25, 0.3) is 0 Å². The molecule has 1 heterocycles. The third-order valence-corrected chi connectivity index (χ3v) is 3.68. The molecule has 1 aliphatic heterocycles. The first-order chi connectivity index (χ1) is 10.4. The van der Waals surface area contributed by atoms with E-state index in [0.29, 0.717) is 11.1 Å². The number of hydrogen-bond acceptors (Lipinski definition) is 4. The molecule has 1 unspecified atom stereocenters. The van der Waals surface area contributed by atoms with Gasteiger partial charge in [-0.3, -0.25) is 9.59 Å². The number of benzene rings is 1. The van der Waals surface area contributed by atoms with Crippen LogP contribution in [0.25, 0.3) is 0 Å². The van der Waals surface area contributed by atoms with Gasteiger partial charge in [-0.05, 0) is 17.7 Å². The molecular weight excluding hydrogens is 288 g/mol. The fraction of sp³-hybridized carbons (Fsp3) is 0.333. The minimum atomic E-state index is -1.18. The predicted molar refractivity (Wildman–Crippen MR) is 73.7 cm³/mol. The number of nitriles is 1. The quantitative estimate of drug-likeness (QED) is 0.817. The van der Waals surface area contributed by atoms with E-state index in [1.54, 1.807) is 24.3 Å². The Balaban J connectivity index is 2.16. The molecule has 1 amide bonds. The van der Waals surface area contributed by atoms with E-state index < -0.39 is 29.8 Å². The van der Waals surface area contributed by atoms with Crippen molar-refractivity contribution in [2.45, 2.75) is 18.9 Å². The summed E-state index contributed by atoms with van der Waals surface area (Å²) in [6.07, 6.45) is -0.106. The second-order valence-electron chi connectivity index (χ2n) is 5.15. The third-order valence-electron chi connectivity index (χ3n) is 3.68. The number of carboxylic acids is 2. The smallest absolute Gasteiger partial charge is 0.326 e. The van der Waals surface area contributed by atoms with Crippen LogP contribution in [0.5, 0.6) is 0 Å². The topological polar surface area (TPSA) is 119 Å². The average Bonchev–Trinajstić information content (AvgIpc) is 2.87. The summed E-state index contributed by atoms with van der Waals surface area (Å²) in [5, 5.41) is 27.0. The molecule has 2 N–H and O–H groups in total. The molecule has 2 rings (SSSR count). The summed E-state index contributed by atoms with van der Waals surface area (Å²) in [5.41, 5.74) is 1.12. The van der Waals surface area contributed by atoms with Crippen LogP contribution in [0, 0.1) is 17.2 Å².